The molecule has 1 aliphatic heterocycles. The number of rotatable bonds is 2. The molecule has 1 saturated heterocycles. The predicted molar refractivity (Wildman–Crippen MR) is 30.0 cm³/mol. The summed E-state index contributed by atoms with van der Waals surface area (Å²) in [4.78, 5) is 10.3. The fourth-order valence-electron chi connectivity index (χ4n) is 0.737. The number of cyclic esters (lactones) is 1. The Morgan fingerprint density at radius 2 is 2.67 bits per heavy atom. The van der Waals surface area contributed by atoms with Gasteiger partial charge in [0.25, 0.3) is 0 Å². The smallest absolute Gasteiger partial charge is 0.407 e. The molecule has 9 heavy (non-hydrogen) atoms. The van der Waals surface area contributed by atoms with Crippen molar-refractivity contribution in [2.75, 3.05) is 13.2 Å². The first-order valence-electron chi connectivity index (χ1n) is 2.88. The SMILES string of the molecule is O=C1NCC(CCO)O1. The molecule has 1 fully saturated rings. The minimum Gasteiger partial charge on any atom is -0.444 e. The van der Waals surface area contributed by atoms with E-state index < -0.39 is 0 Å². The molecule has 1 amide bonds. The Balaban J connectivity index is 2.22. The number of carbonyl (C=O) groups is 1. The monoisotopic (exact) mass is 131 g/mol. The van der Waals surface area contributed by atoms with Gasteiger partial charge < -0.3 is 15.2 Å². The summed E-state index contributed by atoms with van der Waals surface area (Å²) >= 11 is 0. The van der Waals surface area contributed by atoms with Gasteiger partial charge in [0, 0.05) is 13.0 Å². The average Bonchev–Trinajstić information content (AvgIpc) is 2.17. The zero-order chi connectivity index (χ0) is 6.69. The highest BCUT2D eigenvalue weighted by molar-refractivity contribution is 5.69. The minimum atomic E-state index is -0.381. The van der Waals surface area contributed by atoms with Gasteiger partial charge in [0.2, 0.25) is 0 Å². The van der Waals surface area contributed by atoms with Crippen LogP contribution in [-0.4, -0.2) is 30.5 Å². The van der Waals surface area contributed by atoms with Crippen LogP contribution in [0.2, 0.25) is 0 Å². The number of hydrogen-bond donors (Lipinski definition) is 2. The van der Waals surface area contributed by atoms with Crippen molar-refractivity contribution in [1.29, 1.82) is 0 Å². The van der Waals surface area contributed by atoms with Gasteiger partial charge in [-0.05, 0) is 0 Å². The molecule has 0 aromatic heterocycles. The Labute approximate surface area is 52.8 Å². The number of nitrogens with one attached hydrogen (secondary N) is 1. The van der Waals surface area contributed by atoms with Crippen molar-refractivity contribution in [2.45, 2.75) is 12.5 Å². The molecule has 1 unspecified atom stereocenters. The van der Waals surface area contributed by atoms with Crippen LogP contribution in [0.25, 0.3) is 0 Å². The highest BCUT2D eigenvalue weighted by atomic mass is 16.6. The van der Waals surface area contributed by atoms with E-state index in [-0.39, 0.29) is 18.8 Å². The van der Waals surface area contributed by atoms with E-state index in [0.717, 1.165) is 0 Å². The molecule has 1 atom stereocenters. The topological polar surface area (TPSA) is 58.6 Å². The number of carbonyl (C=O) groups excluding carboxylic acids is 1. The first-order valence-corrected chi connectivity index (χ1v) is 2.88. The summed E-state index contributed by atoms with van der Waals surface area (Å²) in [6.45, 7) is 0.596. The Morgan fingerprint density at radius 1 is 1.89 bits per heavy atom. The fourth-order valence-corrected chi connectivity index (χ4v) is 0.737. The van der Waals surface area contributed by atoms with Crippen molar-refractivity contribution in [2.24, 2.45) is 0 Å². The predicted octanol–water partition coefficient (Wildman–Crippen LogP) is -0.523. The lowest BCUT2D eigenvalue weighted by Gasteiger charge is -2.02. The summed E-state index contributed by atoms with van der Waals surface area (Å²) < 4.78 is 4.69. The molecule has 1 heterocycles. The zero-order valence-corrected chi connectivity index (χ0v) is 4.96. The molecular weight excluding hydrogens is 122 g/mol. The van der Waals surface area contributed by atoms with Gasteiger partial charge in [0.1, 0.15) is 6.10 Å². The number of alkyl carbamates (subject to hydrolysis) is 1. The molecule has 0 radical (unpaired) electrons. The maximum Gasteiger partial charge on any atom is 0.407 e. The van der Waals surface area contributed by atoms with Gasteiger partial charge in [-0.2, -0.15) is 0 Å². The second-order valence-corrected chi connectivity index (χ2v) is 1.92. The van der Waals surface area contributed by atoms with Gasteiger partial charge in [-0.25, -0.2) is 4.79 Å². The highest BCUT2D eigenvalue weighted by Gasteiger charge is 2.20. The van der Waals surface area contributed by atoms with Crippen molar-refractivity contribution in [3.63, 3.8) is 0 Å². The van der Waals surface area contributed by atoms with Crippen molar-refractivity contribution < 1.29 is 14.6 Å². The normalized spacial score (nSPS) is 25.4. The molecule has 52 valence electrons. The maximum atomic E-state index is 10.3. The van der Waals surface area contributed by atoms with Crippen LogP contribution in [0, 0.1) is 0 Å². The van der Waals surface area contributed by atoms with Crippen LogP contribution >= 0.6 is 0 Å². The first-order chi connectivity index (χ1) is 4.33. The van der Waals surface area contributed by atoms with Crippen LogP contribution in [0.3, 0.4) is 0 Å². The van der Waals surface area contributed by atoms with Gasteiger partial charge in [0.15, 0.2) is 0 Å². The van der Waals surface area contributed by atoms with Crippen LogP contribution in [0.15, 0.2) is 0 Å². The molecule has 0 aromatic carbocycles. The van der Waals surface area contributed by atoms with E-state index in [4.69, 9.17) is 9.84 Å². The Kier molecular flexibility index (Phi) is 1.89. The lowest BCUT2D eigenvalue weighted by atomic mass is 10.3. The first kappa shape index (κ1) is 6.35. The standard InChI is InChI=1S/C5H9NO3/c7-2-1-4-3-6-5(8)9-4/h4,7H,1-3H2,(H,6,8). The third kappa shape index (κ3) is 1.57. The lowest BCUT2D eigenvalue weighted by molar-refractivity contribution is 0.121. The van der Waals surface area contributed by atoms with E-state index in [0.29, 0.717) is 13.0 Å². The number of hydrogen-bond acceptors (Lipinski definition) is 3. The molecule has 0 spiro atoms. The molecule has 0 aliphatic carbocycles. The number of ether oxygens (including phenoxy) is 1. The summed E-state index contributed by atoms with van der Waals surface area (Å²) in [5.74, 6) is 0. The molecule has 2 N–H and O–H groups in total. The minimum absolute atomic E-state index is 0.0691. The number of aliphatic hydroxyl groups is 1. The molecule has 0 aromatic rings. The quantitative estimate of drug-likeness (QED) is 0.530. The summed E-state index contributed by atoms with van der Waals surface area (Å²) in [7, 11) is 0. The van der Waals surface area contributed by atoms with E-state index in [1.54, 1.807) is 0 Å². The van der Waals surface area contributed by atoms with E-state index in [1.807, 2.05) is 0 Å². The molecule has 1 aliphatic rings. The average molecular weight is 131 g/mol. The van der Waals surface area contributed by atoms with E-state index in [9.17, 15) is 4.79 Å². The Morgan fingerprint density at radius 3 is 3.11 bits per heavy atom. The van der Waals surface area contributed by atoms with E-state index in [1.165, 1.54) is 0 Å². The van der Waals surface area contributed by atoms with Crippen LogP contribution < -0.4 is 5.32 Å². The van der Waals surface area contributed by atoms with E-state index in [2.05, 4.69) is 5.32 Å². The number of aliphatic hydroxyl groups excluding tert-OH is 1. The second-order valence-electron chi connectivity index (χ2n) is 1.92. The molecule has 4 nitrogen and oxygen atoms in total. The second kappa shape index (κ2) is 2.68. The van der Waals surface area contributed by atoms with Crippen LogP contribution in [0.1, 0.15) is 6.42 Å². The summed E-state index contributed by atoms with van der Waals surface area (Å²) in [6, 6.07) is 0. The largest absolute Gasteiger partial charge is 0.444 e. The molecule has 0 bridgehead atoms. The summed E-state index contributed by atoms with van der Waals surface area (Å²) in [5.41, 5.74) is 0. The van der Waals surface area contributed by atoms with Crippen molar-refractivity contribution in [3.05, 3.63) is 0 Å². The molecule has 0 saturated carbocycles. The van der Waals surface area contributed by atoms with Crippen LogP contribution in [0.5, 0.6) is 0 Å². The molecule has 1 rings (SSSR count). The fraction of sp³-hybridized carbons (Fsp3) is 0.800. The lowest BCUT2D eigenvalue weighted by Crippen LogP contribution is -2.15. The van der Waals surface area contributed by atoms with Gasteiger partial charge in [0.05, 0.1) is 6.54 Å². The van der Waals surface area contributed by atoms with Crippen molar-refractivity contribution >= 4 is 6.09 Å². The highest BCUT2D eigenvalue weighted by Crippen LogP contribution is 2.02. The van der Waals surface area contributed by atoms with E-state index >= 15 is 0 Å². The third-order valence-corrected chi connectivity index (χ3v) is 1.20. The molecule has 4 heteroatoms. The van der Waals surface area contributed by atoms with Crippen LogP contribution in [0.4, 0.5) is 4.79 Å². The maximum absolute atomic E-state index is 10.3. The Bertz CT molecular complexity index is 115. The third-order valence-electron chi connectivity index (χ3n) is 1.20. The van der Waals surface area contributed by atoms with Crippen molar-refractivity contribution in [3.8, 4) is 0 Å². The van der Waals surface area contributed by atoms with Gasteiger partial charge in [-0.1, -0.05) is 0 Å². The number of amides is 1. The van der Waals surface area contributed by atoms with Gasteiger partial charge in [-0.3, -0.25) is 0 Å². The molecular formula is C5H9NO3. The van der Waals surface area contributed by atoms with Crippen LogP contribution in [-0.2, 0) is 4.74 Å². The zero-order valence-electron chi connectivity index (χ0n) is 4.96. The summed E-state index contributed by atoms with van der Waals surface area (Å²) in [5, 5.41) is 10.9. The summed E-state index contributed by atoms with van der Waals surface area (Å²) in [6.07, 6.45) is 0.0228. The Hall–Kier alpha value is -0.770. The van der Waals surface area contributed by atoms with Gasteiger partial charge in [-0.15, -0.1) is 0 Å². The van der Waals surface area contributed by atoms with Gasteiger partial charge >= 0.3 is 6.09 Å². The van der Waals surface area contributed by atoms with Crippen molar-refractivity contribution in [1.82, 2.24) is 5.32 Å².